The van der Waals surface area contributed by atoms with E-state index >= 15 is 0 Å². The minimum Gasteiger partial charge on any atom is -0.393 e. The second kappa shape index (κ2) is 5.41. The number of aliphatic hydroxyl groups excluding tert-OH is 1. The molecule has 0 fully saturated rings. The molecular weight excluding hydrogens is 208 g/mol. The fraction of sp³-hybridized carbons (Fsp3) is 0.818. The summed E-state index contributed by atoms with van der Waals surface area (Å²) in [6.45, 7) is 5.67. The normalized spacial score (nSPS) is 17.1. The molecule has 0 saturated carbocycles. The number of rotatable bonds is 6. The second-order valence-corrected chi connectivity index (χ2v) is 4.19. The first-order valence-electron chi connectivity index (χ1n) is 5.58. The predicted octanol–water partition coefficient (Wildman–Crippen LogP) is 1.65. The fourth-order valence-electron chi connectivity index (χ4n) is 1.30. The summed E-state index contributed by atoms with van der Waals surface area (Å²) in [7, 11) is 1.63. The van der Waals surface area contributed by atoms with Crippen molar-refractivity contribution in [2.24, 2.45) is 0 Å². The van der Waals surface area contributed by atoms with Crippen LogP contribution < -0.4 is 0 Å². The van der Waals surface area contributed by atoms with Gasteiger partial charge in [0, 0.05) is 13.5 Å². The van der Waals surface area contributed by atoms with Crippen LogP contribution in [0.2, 0.25) is 0 Å². The van der Waals surface area contributed by atoms with Crippen LogP contribution in [0.3, 0.4) is 0 Å². The zero-order chi connectivity index (χ0) is 12.2. The monoisotopic (exact) mass is 228 g/mol. The highest BCUT2D eigenvalue weighted by atomic mass is 16.5. The van der Waals surface area contributed by atoms with Crippen LogP contribution in [0.15, 0.2) is 4.52 Å². The van der Waals surface area contributed by atoms with E-state index in [9.17, 15) is 0 Å². The van der Waals surface area contributed by atoms with Gasteiger partial charge in [0.1, 0.15) is 5.60 Å². The van der Waals surface area contributed by atoms with Gasteiger partial charge in [-0.25, -0.2) is 0 Å². The predicted molar refractivity (Wildman–Crippen MR) is 59.0 cm³/mol. The van der Waals surface area contributed by atoms with Gasteiger partial charge in [-0.1, -0.05) is 12.1 Å². The molecule has 1 rings (SSSR count). The molecule has 16 heavy (non-hydrogen) atoms. The Balaban J connectivity index is 2.70. The van der Waals surface area contributed by atoms with Gasteiger partial charge < -0.3 is 14.4 Å². The number of hydrogen-bond acceptors (Lipinski definition) is 5. The van der Waals surface area contributed by atoms with Crippen molar-refractivity contribution < 1.29 is 14.4 Å². The van der Waals surface area contributed by atoms with Crippen LogP contribution in [0.5, 0.6) is 0 Å². The van der Waals surface area contributed by atoms with E-state index in [1.807, 2.05) is 13.8 Å². The van der Waals surface area contributed by atoms with Crippen molar-refractivity contribution in [2.75, 3.05) is 7.11 Å². The Morgan fingerprint density at radius 2 is 2.25 bits per heavy atom. The van der Waals surface area contributed by atoms with Crippen molar-refractivity contribution in [1.29, 1.82) is 0 Å². The Hall–Kier alpha value is -0.940. The molecular formula is C11H20N2O3. The van der Waals surface area contributed by atoms with Gasteiger partial charge in [0.15, 0.2) is 0 Å². The topological polar surface area (TPSA) is 68.4 Å². The van der Waals surface area contributed by atoms with E-state index in [1.165, 1.54) is 0 Å². The molecule has 0 aliphatic carbocycles. The van der Waals surface area contributed by atoms with Gasteiger partial charge in [-0.05, 0) is 26.7 Å². The van der Waals surface area contributed by atoms with Crippen LogP contribution in [-0.4, -0.2) is 28.5 Å². The van der Waals surface area contributed by atoms with E-state index in [0.29, 0.717) is 24.6 Å². The average Bonchev–Trinajstić information content (AvgIpc) is 2.74. The maximum Gasteiger partial charge on any atom is 0.226 e. The molecule has 2 unspecified atom stereocenters. The van der Waals surface area contributed by atoms with Crippen LogP contribution in [0.4, 0.5) is 0 Å². The SMILES string of the molecule is CCC(C)(OC)c1noc(CCC(C)O)n1. The van der Waals surface area contributed by atoms with Crippen LogP contribution in [0, 0.1) is 0 Å². The molecule has 2 atom stereocenters. The van der Waals surface area contributed by atoms with Gasteiger partial charge in [0.05, 0.1) is 6.10 Å². The Morgan fingerprint density at radius 3 is 2.75 bits per heavy atom. The lowest BCUT2D eigenvalue weighted by Crippen LogP contribution is -2.24. The number of ether oxygens (including phenoxy) is 1. The zero-order valence-corrected chi connectivity index (χ0v) is 10.4. The lowest BCUT2D eigenvalue weighted by Gasteiger charge is -2.21. The molecule has 5 nitrogen and oxygen atoms in total. The second-order valence-electron chi connectivity index (χ2n) is 4.19. The summed E-state index contributed by atoms with van der Waals surface area (Å²) in [5, 5.41) is 13.1. The molecule has 0 aliphatic rings. The Kier molecular flexibility index (Phi) is 4.44. The van der Waals surface area contributed by atoms with E-state index in [-0.39, 0.29) is 6.10 Å². The molecule has 0 spiro atoms. The third-order valence-corrected chi connectivity index (χ3v) is 2.84. The quantitative estimate of drug-likeness (QED) is 0.801. The molecule has 0 saturated heterocycles. The fourth-order valence-corrected chi connectivity index (χ4v) is 1.30. The summed E-state index contributed by atoms with van der Waals surface area (Å²) < 4.78 is 10.5. The summed E-state index contributed by atoms with van der Waals surface area (Å²) in [4.78, 5) is 4.28. The molecule has 0 aliphatic heterocycles. The highest BCUT2D eigenvalue weighted by Crippen LogP contribution is 2.25. The average molecular weight is 228 g/mol. The highest BCUT2D eigenvalue weighted by Gasteiger charge is 2.29. The van der Waals surface area contributed by atoms with E-state index in [0.717, 1.165) is 6.42 Å². The van der Waals surface area contributed by atoms with E-state index in [2.05, 4.69) is 10.1 Å². The molecule has 0 radical (unpaired) electrons. The number of methoxy groups -OCH3 is 1. The lowest BCUT2D eigenvalue weighted by molar-refractivity contribution is -0.0106. The minimum absolute atomic E-state index is 0.352. The van der Waals surface area contributed by atoms with Crippen LogP contribution in [-0.2, 0) is 16.8 Å². The first-order chi connectivity index (χ1) is 7.51. The van der Waals surface area contributed by atoms with E-state index in [4.69, 9.17) is 14.4 Å². The number of aliphatic hydroxyl groups is 1. The van der Waals surface area contributed by atoms with Crippen molar-refractivity contribution in [1.82, 2.24) is 10.1 Å². The molecule has 1 aromatic rings. The first kappa shape index (κ1) is 13.1. The summed E-state index contributed by atoms with van der Waals surface area (Å²) in [5.74, 6) is 1.12. The molecule has 92 valence electrons. The summed E-state index contributed by atoms with van der Waals surface area (Å²) in [6, 6.07) is 0. The van der Waals surface area contributed by atoms with Crippen LogP contribution in [0.1, 0.15) is 45.3 Å². The standard InChI is InChI=1S/C11H20N2O3/c1-5-11(3,15-4)10-12-9(16-13-10)7-6-8(2)14/h8,14H,5-7H2,1-4H3. The molecule has 0 bridgehead atoms. The molecule has 1 aromatic heterocycles. The largest absolute Gasteiger partial charge is 0.393 e. The molecule has 5 heteroatoms. The molecule has 0 amide bonds. The maximum absolute atomic E-state index is 9.16. The summed E-state index contributed by atoms with van der Waals surface area (Å²) >= 11 is 0. The number of aromatic nitrogens is 2. The van der Waals surface area contributed by atoms with Crippen LogP contribution >= 0.6 is 0 Å². The smallest absolute Gasteiger partial charge is 0.226 e. The number of hydrogen-bond donors (Lipinski definition) is 1. The van der Waals surface area contributed by atoms with Crippen molar-refractivity contribution in [3.8, 4) is 0 Å². The third-order valence-electron chi connectivity index (χ3n) is 2.84. The van der Waals surface area contributed by atoms with E-state index in [1.54, 1.807) is 14.0 Å². The van der Waals surface area contributed by atoms with Crippen molar-refractivity contribution in [3.63, 3.8) is 0 Å². The van der Waals surface area contributed by atoms with Gasteiger partial charge in [0.2, 0.25) is 11.7 Å². The van der Waals surface area contributed by atoms with Gasteiger partial charge >= 0.3 is 0 Å². The van der Waals surface area contributed by atoms with Gasteiger partial charge in [-0.2, -0.15) is 4.98 Å². The number of nitrogens with zero attached hydrogens (tertiary/aromatic N) is 2. The highest BCUT2D eigenvalue weighted by molar-refractivity contribution is 4.99. The van der Waals surface area contributed by atoms with Crippen molar-refractivity contribution in [2.45, 2.75) is 51.7 Å². The van der Waals surface area contributed by atoms with Gasteiger partial charge in [-0.15, -0.1) is 0 Å². The number of aryl methyl sites for hydroxylation is 1. The Labute approximate surface area is 95.8 Å². The van der Waals surface area contributed by atoms with Gasteiger partial charge in [0.25, 0.3) is 0 Å². The third kappa shape index (κ3) is 3.02. The zero-order valence-electron chi connectivity index (χ0n) is 10.4. The Morgan fingerprint density at radius 1 is 1.56 bits per heavy atom. The minimum atomic E-state index is -0.493. The maximum atomic E-state index is 9.16. The molecule has 1 N–H and O–H groups in total. The van der Waals surface area contributed by atoms with Crippen LogP contribution in [0.25, 0.3) is 0 Å². The molecule has 0 aromatic carbocycles. The lowest BCUT2D eigenvalue weighted by atomic mass is 10.0. The van der Waals surface area contributed by atoms with Crippen molar-refractivity contribution in [3.05, 3.63) is 11.7 Å². The van der Waals surface area contributed by atoms with Crippen molar-refractivity contribution >= 4 is 0 Å². The Bertz CT molecular complexity index is 319. The van der Waals surface area contributed by atoms with E-state index < -0.39 is 5.60 Å². The summed E-state index contributed by atoms with van der Waals surface area (Å²) in [5.41, 5.74) is -0.493. The van der Waals surface area contributed by atoms with Gasteiger partial charge in [-0.3, -0.25) is 0 Å². The summed E-state index contributed by atoms with van der Waals surface area (Å²) in [6.07, 6.45) is 1.64. The molecule has 1 heterocycles. The first-order valence-corrected chi connectivity index (χ1v) is 5.58.